The molecule has 1 amide bonds. The Morgan fingerprint density at radius 3 is 2.96 bits per heavy atom. The number of hydrogen-bond donors (Lipinski definition) is 1. The van der Waals surface area contributed by atoms with Crippen molar-refractivity contribution in [1.29, 1.82) is 0 Å². The summed E-state index contributed by atoms with van der Waals surface area (Å²) in [6, 6.07) is 5.08. The molecule has 144 valence electrons. The third-order valence-electron chi connectivity index (χ3n) is 5.59. The normalized spacial score (nSPS) is 24.2. The summed E-state index contributed by atoms with van der Waals surface area (Å²) >= 11 is 3.58. The van der Waals surface area contributed by atoms with Crippen molar-refractivity contribution in [3.8, 4) is 0 Å². The summed E-state index contributed by atoms with van der Waals surface area (Å²) in [7, 11) is -1.15. The molecule has 7 heteroatoms. The minimum Gasteiger partial charge on any atom is -0.383 e. The SMILES string of the molecule is C[Si](C)(C)CCOCN1C(=O)C2(CC3=C(C2)NCC(Br)=C3)c2cccnc21. The molecule has 2 aliphatic heterocycles. The molecular weight excluding hydrogens is 422 g/mol. The third-order valence-corrected chi connectivity index (χ3v) is 7.80. The van der Waals surface area contributed by atoms with E-state index >= 15 is 0 Å². The Kier molecular flexibility index (Phi) is 4.80. The van der Waals surface area contributed by atoms with Crippen LogP contribution in [0.1, 0.15) is 18.4 Å². The van der Waals surface area contributed by atoms with E-state index in [-0.39, 0.29) is 12.6 Å². The van der Waals surface area contributed by atoms with Gasteiger partial charge in [0.05, 0.1) is 5.41 Å². The number of carbonyl (C=O) groups is 1. The molecule has 1 aromatic heterocycles. The second-order valence-corrected chi connectivity index (χ2v) is 15.5. The Morgan fingerprint density at radius 2 is 2.19 bits per heavy atom. The topological polar surface area (TPSA) is 54.5 Å². The number of nitrogens with zero attached hydrogens (tertiary/aromatic N) is 2. The molecule has 0 aromatic carbocycles. The van der Waals surface area contributed by atoms with Crippen LogP contribution in [0.2, 0.25) is 25.7 Å². The molecule has 5 nitrogen and oxygen atoms in total. The minimum absolute atomic E-state index is 0.116. The Labute approximate surface area is 170 Å². The summed E-state index contributed by atoms with van der Waals surface area (Å²) in [6.07, 6.45) is 5.35. The van der Waals surface area contributed by atoms with E-state index in [1.54, 1.807) is 11.1 Å². The highest BCUT2D eigenvalue weighted by atomic mass is 79.9. The summed E-state index contributed by atoms with van der Waals surface area (Å²) in [5.74, 6) is 0.878. The van der Waals surface area contributed by atoms with Crippen LogP contribution in [0.5, 0.6) is 0 Å². The molecule has 27 heavy (non-hydrogen) atoms. The maximum Gasteiger partial charge on any atom is 0.241 e. The number of dihydropyridines is 1. The number of amides is 1. The van der Waals surface area contributed by atoms with Gasteiger partial charge in [0.1, 0.15) is 12.5 Å². The number of allylic oxidation sites excluding steroid dienone is 3. The van der Waals surface area contributed by atoms with Crippen LogP contribution in [0.4, 0.5) is 5.82 Å². The van der Waals surface area contributed by atoms with Gasteiger partial charge in [-0.3, -0.25) is 9.69 Å². The molecule has 0 saturated carbocycles. The van der Waals surface area contributed by atoms with Crippen LogP contribution in [0.15, 0.2) is 40.2 Å². The number of aromatic nitrogens is 1. The van der Waals surface area contributed by atoms with Gasteiger partial charge in [-0.1, -0.05) is 41.6 Å². The van der Waals surface area contributed by atoms with E-state index in [2.05, 4.69) is 58.0 Å². The van der Waals surface area contributed by atoms with Crippen molar-refractivity contribution in [2.24, 2.45) is 0 Å². The smallest absolute Gasteiger partial charge is 0.241 e. The van der Waals surface area contributed by atoms with Crippen LogP contribution in [0.25, 0.3) is 0 Å². The van der Waals surface area contributed by atoms with Gasteiger partial charge in [-0.05, 0) is 30.2 Å². The molecule has 0 fully saturated rings. The maximum absolute atomic E-state index is 13.5. The van der Waals surface area contributed by atoms with Crippen molar-refractivity contribution in [2.75, 3.05) is 24.8 Å². The third kappa shape index (κ3) is 3.41. The van der Waals surface area contributed by atoms with Gasteiger partial charge in [0, 0.05) is 49.6 Å². The zero-order valence-electron chi connectivity index (χ0n) is 16.1. The van der Waals surface area contributed by atoms with Crippen LogP contribution < -0.4 is 10.2 Å². The number of fused-ring (bicyclic) bond motifs is 2. The quantitative estimate of drug-likeness (QED) is 0.548. The number of halogens is 1. The second-order valence-electron chi connectivity index (χ2n) is 8.84. The lowest BCUT2D eigenvalue weighted by Crippen LogP contribution is -2.40. The second kappa shape index (κ2) is 6.86. The fourth-order valence-electron chi connectivity index (χ4n) is 4.11. The van der Waals surface area contributed by atoms with Crippen LogP contribution >= 0.6 is 15.9 Å². The molecule has 1 atom stereocenters. The summed E-state index contributed by atoms with van der Waals surface area (Å²) in [5, 5.41) is 3.46. The van der Waals surface area contributed by atoms with E-state index in [1.165, 1.54) is 11.3 Å². The van der Waals surface area contributed by atoms with Crippen molar-refractivity contribution >= 4 is 35.7 Å². The van der Waals surface area contributed by atoms with Gasteiger partial charge in [-0.15, -0.1) is 0 Å². The molecule has 0 radical (unpaired) electrons. The number of pyridine rings is 1. The van der Waals surface area contributed by atoms with Gasteiger partial charge in [0.2, 0.25) is 5.91 Å². The maximum atomic E-state index is 13.5. The average molecular weight is 448 g/mol. The Hall–Kier alpha value is -1.44. The van der Waals surface area contributed by atoms with E-state index in [4.69, 9.17) is 4.74 Å². The number of anilines is 1. The Balaban J connectivity index is 1.56. The first kappa shape index (κ1) is 18.9. The first-order valence-electron chi connectivity index (χ1n) is 9.47. The largest absolute Gasteiger partial charge is 0.383 e. The van der Waals surface area contributed by atoms with Crippen LogP contribution in [-0.4, -0.2) is 38.8 Å². The van der Waals surface area contributed by atoms with Gasteiger partial charge in [0.25, 0.3) is 0 Å². The molecule has 0 bridgehead atoms. The molecule has 1 spiro atoms. The molecule has 1 N–H and O–H groups in total. The molecule has 0 saturated heterocycles. The molecule has 1 unspecified atom stereocenters. The fourth-order valence-corrected chi connectivity index (χ4v) is 5.28. The number of hydrogen-bond acceptors (Lipinski definition) is 4. The summed E-state index contributed by atoms with van der Waals surface area (Å²) in [5.41, 5.74) is 2.89. The van der Waals surface area contributed by atoms with E-state index in [1.807, 2.05) is 6.07 Å². The minimum atomic E-state index is -1.15. The van der Waals surface area contributed by atoms with Gasteiger partial charge in [0.15, 0.2) is 0 Å². The van der Waals surface area contributed by atoms with Crippen molar-refractivity contribution in [1.82, 2.24) is 10.3 Å². The first-order chi connectivity index (χ1) is 12.8. The first-order valence-corrected chi connectivity index (χ1v) is 14.0. The molecule has 3 heterocycles. The lowest BCUT2D eigenvalue weighted by Gasteiger charge is -2.24. The average Bonchev–Trinajstić information content (AvgIpc) is 3.09. The predicted octanol–water partition coefficient (Wildman–Crippen LogP) is 3.91. The van der Waals surface area contributed by atoms with Crippen molar-refractivity contribution in [3.63, 3.8) is 0 Å². The van der Waals surface area contributed by atoms with Crippen LogP contribution in [-0.2, 0) is 14.9 Å². The Morgan fingerprint density at radius 1 is 1.37 bits per heavy atom. The summed E-state index contributed by atoms with van der Waals surface area (Å²) in [6.45, 7) is 8.75. The molecule has 1 aromatic rings. The fraction of sp³-hybridized carbons (Fsp3) is 0.500. The van der Waals surface area contributed by atoms with Crippen LogP contribution in [0, 0.1) is 0 Å². The van der Waals surface area contributed by atoms with Crippen molar-refractivity contribution in [3.05, 3.63) is 45.7 Å². The predicted molar refractivity (Wildman–Crippen MR) is 114 cm³/mol. The lowest BCUT2D eigenvalue weighted by molar-refractivity contribution is -0.124. The van der Waals surface area contributed by atoms with E-state index in [0.29, 0.717) is 19.4 Å². The molecule has 4 rings (SSSR count). The van der Waals surface area contributed by atoms with Gasteiger partial charge in [-0.25, -0.2) is 4.98 Å². The summed E-state index contributed by atoms with van der Waals surface area (Å²) in [4.78, 5) is 19.8. The monoisotopic (exact) mass is 447 g/mol. The standard InChI is InChI=1S/C20H26BrN3O2Si/c1-27(2,3)8-7-26-13-24-18-16(5-4-6-22-18)20(19(24)25)10-14-9-15(21)12-23-17(14)11-20/h4-6,9,23H,7-8,10-13H2,1-3H3. The van der Waals surface area contributed by atoms with E-state index < -0.39 is 13.5 Å². The summed E-state index contributed by atoms with van der Waals surface area (Å²) < 4.78 is 7.04. The molecular formula is C20H26BrN3O2Si. The van der Waals surface area contributed by atoms with Gasteiger partial charge in [-0.2, -0.15) is 0 Å². The van der Waals surface area contributed by atoms with Gasteiger partial charge < -0.3 is 10.1 Å². The zero-order chi connectivity index (χ0) is 19.2. The number of nitrogens with one attached hydrogen (secondary N) is 1. The number of carbonyl (C=O) groups excluding carboxylic acids is 1. The highest BCUT2D eigenvalue weighted by Gasteiger charge is 2.55. The number of rotatable bonds is 5. The molecule has 1 aliphatic carbocycles. The number of ether oxygens (including phenoxy) is 1. The highest BCUT2D eigenvalue weighted by molar-refractivity contribution is 9.11. The van der Waals surface area contributed by atoms with Crippen molar-refractivity contribution < 1.29 is 9.53 Å². The van der Waals surface area contributed by atoms with Gasteiger partial charge >= 0.3 is 0 Å². The highest BCUT2D eigenvalue weighted by Crippen LogP contribution is 2.52. The molecule has 3 aliphatic rings. The van der Waals surface area contributed by atoms with E-state index in [9.17, 15) is 4.79 Å². The Bertz CT molecular complexity index is 846. The zero-order valence-corrected chi connectivity index (χ0v) is 18.7. The van der Waals surface area contributed by atoms with Crippen LogP contribution in [0.3, 0.4) is 0 Å². The van der Waals surface area contributed by atoms with E-state index in [0.717, 1.165) is 28.5 Å². The lowest BCUT2D eigenvalue weighted by atomic mass is 9.79. The van der Waals surface area contributed by atoms with Crippen molar-refractivity contribution in [2.45, 2.75) is 43.9 Å².